The van der Waals surface area contributed by atoms with E-state index in [0.29, 0.717) is 5.52 Å². The number of hydrogen-bond donors (Lipinski definition) is 1. The highest BCUT2D eigenvalue weighted by Crippen LogP contribution is 2.34. The zero-order valence-corrected chi connectivity index (χ0v) is 16.6. The third-order valence-electron chi connectivity index (χ3n) is 4.41. The molecule has 0 aliphatic rings. The summed E-state index contributed by atoms with van der Waals surface area (Å²) in [5, 5.41) is 6.46. The van der Waals surface area contributed by atoms with Crippen molar-refractivity contribution in [3.63, 3.8) is 0 Å². The normalized spacial score (nSPS) is 10.6. The van der Waals surface area contributed by atoms with E-state index in [1.54, 1.807) is 0 Å². The summed E-state index contributed by atoms with van der Waals surface area (Å²) in [6, 6.07) is 6.31. The molecule has 3 aromatic rings. The fourth-order valence-electron chi connectivity index (χ4n) is 2.94. The molecule has 0 aliphatic carbocycles. The average molecular weight is 415 g/mol. The third-order valence-corrected chi connectivity index (χ3v) is 4.41. The lowest BCUT2D eigenvalue weighted by Crippen LogP contribution is -2.27. The van der Waals surface area contributed by atoms with Crippen LogP contribution in [0.3, 0.4) is 0 Å². The van der Waals surface area contributed by atoms with Gasteiger partial charge in [-0.25, -0.2) is 9.18 Å². The van der Waals surface area contributed by atoms with Crippen molar-refractivity contribution in [3.05, 3.63) is 57.6 Å². The number of anilines is 1. The first kappa shape index (κ1) is 20.8. The van der Waals surface area contributed by atoms with Crippen LogP contribution in [0.5, 0.6) is 11.5 Å². The Bertz CT molecular complexity index is 1220. The molecule has 0 unspecified atom stereocenters. The Morgan fingerprint density at radius 3 is 2.37 bits per heavy atom. The molecule has 1 N–H and O–H groups in total. The van der Waals surface area contributed by atoms with Gasteiger partial charge in [0.05, 0.1) is 43.5 Å². The number of halogens is 1. The predicted molar refractivity (Wildman–Crippen MR) is 106 cm³/mol. The van der Waals surface area contributed by atoms with E-state index >= 15 is 0 Å². The lowest BCUT2D eigenvalue weighted by molar-refractivity contribution is 0.0601. The van der Waals surface area contributed by atoms with Gasteiger partial charge in [0.15, 0.2) is 17.2 Å². The first-order valence-electron chi connectivity index (χ1n) is 8.63. The maximum atomic E-state index is 13.6. The Balaban J connectivity index is 2.11. The van der Waals surface area contributed by atoms with Gasteiger partial charge in [0, 0.05) is 19.2 Å². The highest BCUT2D eigenvalue weighted by atomic mass is 19.1. The second-order valence-corrected chi connectivity index (χ2v) is 6.16. The van der Waals surface area contributed by atoms with Crippen LogP contribution in [0.4, 0.5) is 10.1 Å². The number of esters is 1. The molecule has 10 heteroatoms. The maximum absolute atomic E-state index is 13.6. The predicted octanol–water partition coefficient (Wildman–Crippen LogP) is 2.13. The Morgan fingerprint density at radius 2 is 1.73 bits per heavy atom. The van der Waals surface area contributed by atoms with E-state index in [-0.39, 0.29) is 28.1 Å². The monoisotopic (exact) mass is 415 g/mol. The molecule has 30 heavy (non-hydrogen) atoms. The van der Waals surface area contributed by atoms with Crippen LogP contribution in [0, 0.1) is 5.82 Å². The minimum Gasteiger partial charge on any atom is -0.493 e. The van der Waals surface area contributed by atoms with Crippen LogP contribution in [0.15, 0.2) is 35.1 Å². The number of aryl methyl sites for hydroxylation is 1. The topological polar surface area (TPSA) is 109 Å². The van der Waals surface area contributed by atoms with Crippen molar-refractivity contribution in [2.75, 3.05) is 26.6 Å². The molecule has 156 valence electrons. The molecule has 0 fully saturated rings. The number of amides is 1. The van der Waals surface area contributed by atoms with Gasteiger partial charge in [0.2, 0.25) is 5.43 Å². The van der Waals surface area contributed by atoms with Crippen LogP contribution in [0.1, 0.15) is 20.8 Å². The number of aromatic nitrogens is 2. The van der Waals surface area contributed by atoms with Gasteiger partial charge in [-0.1, -0.05) is 0 Å². The number of nitrogens with one attached hydrogen (secondary N) is 1. The lowest BCUT2D eigenvalue weighted by Gasteiger charge is -2.15. The standard InChI is InChI=1S/C20H18FN3O6/c1-24-14-6-5-10(21)7-12(14)18(25)17(23-24)19(26)22-13-9-16(29-3)15(28-2)8-11(13)20(27)30-4/h5-9H,1-4H3,(H,22,26). The van der Waals surface area contributed by atoms with Crippen molar-refractivity contribution in [1.82, 2.24) is 9.78 Å². The van der Waals surface area contributed by atoms with Crippen molar-refractivity contribution in [2.24, 2.45) is 7.05 Å². The van der Waals surface area contributed by atoms with Crippen molar-refractivity contribution in [1.29, 1.82) is 0 Å². The Kier molecular flexibility index (Phi) is 5.67. The Morgan fingerprint density at radius 1 is 1.07 bits per heavy atom. The first-order chi connectivity index (χ1) is 14.3. The molecule has 9 nitrogen and oxygen atoms in total. The molecular weight excluding hydrogens is 397 g/mol. The molecule has 0 bridgehead atoms. The van der Waals surface area contributed by atoms with Crippen LogP contribution in [-0.4, -0.2) is 43.0 Å². The molecule has 0 aliphatic heterocycles. The van der Waals surface area contributed by atoms with E-state index in [2.05, 4.69) is 10.4 Å². The largest absolute Gasteiger partial charge is 0.493 e. The first-order valence-corrected chi connectivity index (χ1v) is 8.63. The van der Waals surface area contributed by atoms with Crippen LogP contribution in [0.25, 0.3) is 10.9 Å². The molecule has 2 aromatic carbocycles. The molecule has 0 atom stereocenters. The average Bonchev–Trinajstić information content (AvgIpc) is 2.75. The second kappa shape index (κ2) is 8.19. The number of hydrogen-bond acceptors (Lipinski definition) is 7. The van der Waals surface area contributed by atoms with E-state index in [9.17, 15) is 18.8 Å². The van der Waals surface area contributed by atoms with Gasteiger partial charge in [-0.3, -0.25) is 14.3 Å². The third kappa shape index (κ3) is 3.66. The number of carbonyl (C=O) groups excluding carboxylic acids is 2. The molecule has 1 heterocycles. The summed E-state index contributed by atoms with van der Waals surface area (Å²) >= 11 is 0. The number of methoxy groups -OCH3 is 3. The number of benzene rings is 2. The fraction of sp³-hybridized carbons (Fsp3) is 0.200. The van der Waals surface area contributed by atoms with Crippen LogP contribution >= 0.6 is 0 Å². The molecule has 1 aromatic heterocycles. The molecule has 3 rings (SSSR count). The van der Waals surface area contributed by atoms with Gasteiger partial charge in [-0.2, -0.15) is 5.10 Å². The zero-order chi connectivity index (χ0) is 22.0. The van der Waals surface area contributed by atoms with Gasteiger partial charge >= 0.3 is 5.97 Å². The lowest BCUT2D eigenvalue weighted by atomic mass is 10.1. The summed E-state index contributed by atoms with van der Waals surface area (Å²) < 4.78 is 30.0. The number of carbonyl (C=O) groups is 2. The fourth-order valence-corrected chi connectivity index (χ4v) is 2.94. The number of rotatable bonds is 5. The van der Waals surface area contributed by atoms with Gasteiger partial charge in [-0.15, -0.1) is 0 Å². The van der Waals surface area contributed by atoms with Gasteiger partial charge in [0.1, 0.15) is 5.82 Å². The van der Waals surface area contributed by atoms with Crippen LogP contribution in [0.2, 0.25) is 0 Å². The summed E-state index contributed by atoms with van der Waals surface area (Å²) in [4.78, 5) is 37.7. The van der Waals surface area contributed by atoms with E-state index in [0.717, 1.165) is 6.07 Å². The van der Waals surface area contributed by atoms with Crippen LogP contribution < -0.4 is 20.2 Å². The van der Waals surface area contributed by atoms with E-state index < -0.39 is 28.8 Å². The molecule has 0 saturated heterocycles. The smallest absolute Gasteiger partial charge is 0.340 e. The molecular formula is C20H18FN3O6. The maximum Gasteiger partial charge on any atom is 0.340 e. The quantitative estimate of drug-likeness (QED) is 0.636. The van der Waals surface area contributed by atoms with Gasteiger partial charge in [-0.05, 0) is 18.2 Å². The van der Waals surface area contributed by atoms with E-state index in [4.69, 9.17) is 14.2 Å². The van der Waals surface area contributed by atoms with Gasteiger partial charge in [0.25, 0.3) is 5.91 Å². The molecule has 0 spiro atoms. The minimum absolute atomic E-state index is 0.00171. The Hall–Kier alpha value is -3.95. The molecule has 0 saturated carbocycles. The molecule has 1 amide bonds. The van der Waals surface area contributed by atoms with Gasteiger partial charge < -0.3 is 19.5 Å². The summed E-state index contributed by atoms with van der Waals surface area (Å²) in [6.07, 6.45) is 0. The summed E-state index contributed by atoms with van der Waals surface area (Å²) in [6.45, 7) is 0. The SMILES string of the molecule is COC(=O)c1cc(OC)c(OC)cc1NC(=O)c1nn(C)c2ccc(F)cc2c1=O. The summed E-state index contributed by atoms with van der Waals surface area (Å²) in [7, 11) is 5.47. The van der Waals surface area contributed by atoms with E-state index in [1.165, 1.54) is 57.3 Å². The zero-order valence-electron chi connectivity index (χ0n) is 16.6. The Labute approximate surface area is 170 Å². The number of nitrogens with zero attached hydrogens (tertiary/aromatic N) is 2. The molecule has 0 radical (unpaired) electrons. The highest BCUT2D eigenvalue weighted by Gasteiger charge is 2.22. The van der Waals surface area contributed by atoms with Crippen molar-refractivity contribution >= 4 is 28.5 Å². The number of ether oxygens (including phenoxy) is 3. The highest BCUT2D eigenvalue weighted by molar-refractivity contribution is 6.08. The van der Waals surface area contributed by atoms with Crippen LogP contribution in [-0.2, 0) is 11.8 Å². The number of fused-ring (bicyclic) bond motifs is 1. The van der Waals surface area contributed by atoms with E-state index in [1.807, 2.05) is 0 Å². The van der Waals surface area contributed by atoms with Crippen molar-refractivity contribution in [3.8, 4) is 11.5 Å². The van der Waals surface area contributed by atoms with Crippen molar-refractivity contribution < 1.29 is 28.2 Å². The second-order valence-electron chi connectivity index (χ2n) is 6.16. The summed E-state index contributed by atoms with van der Waals surface area (Å²) in [5.74, 6) is -1.77. The summed E-state index contributed by atoms with van der Waals surface area (Å²) in [5.41, 5.74) is -0.861. The minimum atomic E-state index is -0.890. The van der Waals surface area contributed by atoms with Crippen molar-refractivity contribution in [2.45, 2.75) is 0 Å².